The lowest BCUT2D eigenvalue weighted by atomic mass is 10.0. The lowest BCUT2D eigenvalue weighted by Gasteiger charge is -2.25. The number of carbonyl (C=O) groups excluding carboxylic acids is 4. The Morgan fingerprint density at radius 1 is 1.13 bits per heavy atom. The van der Waals surface area contributed by atoms with Crippen LogP contribution >= 0.6 is 0 Å². The van der Waals surface area contributed by atoms with Crippen LogP contribution in [-0.4, -0.2) is 69.3 Å². The van der Waals surface area contributed by atoms with Crippen LogP contribution in [0, 0.1) is 5.92 Å². The van der Waals surface area contributed by atoms with Gasteiger partial charge in [-0.2, -0.15) is 0 Å². The fourth-order valence-corrected chi connectivity index (χ4v) is 2.62. The van der Waals surface area contributed by atoms with E-state index < -0.39 is 54.3 Å². The Hall–Kier alpha value is -3.48. The van der Waals surface area contributed by atoms with Crippen LogP contribution in [0.3, 0.4) is 0 Å². The van der Waals surface area contributed by atoms with Gasteiger partial charge in [0.1, 0.15) is 18.6 Å². The van der Waals surface area contributed by atoms with E-state index in [0.717, 1.165) is 0 Å². The molecule has 13 heteroatoms. The molecule has 0 saturated carbocycles. The summed E-state index contributed by atoms with van der Waals surface area (Å²) in [6, 6.07) is -3.23. The third-order valence-electron chi connectivity index (χ3n) is 4.30. The van der Waals surface area contributed by atoms with E-state index in [1.807, 2.05) is 0 Å². The van der Waals surface area contributed by atoms with Crippen molar-refractivity contribution in [3.8, 4) is 0 Å². The number of aliphatic carboxylic acids is 1. The smallest absolute Gasteiger partial charge is 0.322 e. The van der Waals surface area contributed by atoms with Crippen LogP contribution in [0.1, 0.15) is 32.4 Å². The topological polar surface area (TPSA) is 222 Å². The number of carboxylic acids is 1. The summed E-state index contributed by atoms with van der Waals surface area (Å²) in [5.74, 6) is -4.36. The number of carbonyl (C=O) groups is 5. The first-order valence-corrected chi connectivity index (χ1v) is 9.62. The number of carboxylic acid groups (broad SMARTS) is 1. The van der Waals surface area contributed by atoms with Gasteiger partial charge in [0, 0.05) is 24.7 Å². The number of rotatable bonds is 13. The third kappa shape index (κ3) is 9.25. The SMILES string of the molecule is CC(C)C(NC(=O)C(CCC(N)=O)NC(=O)C(N)Cc1cnc[nH]1)C(=O)NCC(=O)O. The molecule has 9 N–H and O–H groups in total. The maximum absolute atomic E-state index is 12.8. The van der Waals surface area contributed by atoms with Gasteiger partial charge in [0.15, 0.2) is 0 Å². The molecule has 0 fully saturated rings. The summed E-state index contributed by atoms with van der Waals surface area (Å²) >= 11 is 0. The van der Waals surface area contributed by atoms with Crippen LogP contribution in [0.25, 0.3) is 0 Å². The van der Waals surface area contributed by atoms with Gasteiger partial charge in [-0.3, -0.25) is 24.0 Å². The summed E-state index contributed by atoms with van der Waals surface area (Å²) < 4.78 is 0. The number of imidazole rings is 1. The molecule has 172 valence electrons. The normalized spacial score (nSPS) is 13.7. The summed E-state index contributed by atoms with van der Waals surface area (Å²) in [4.78, 5) is 65.9. The molecule has 3 atom stereocenters. The van der Waals surface area contributed by atoms with Crippen molar-refractivity contribution in [2.24, 2.45) is 17.4 Å². The number of aromatic amines is 1. The van der Waals surface area contributed by atoms with Crippen molar-refractivity contribution >= 4 is 29.6 Å². The molecule has 0 spiro atoms. The minimum Gasteiger partial charge on any atom is -0.480 e. The Balaban J connectivity index is 2.84. The molecule has 31 heavy (non-hydrogen) atoms. The lowest BCUT2D eigenvalue weighted by Crippen LogP contribution is -2.57. The zero-order valence-electron chi connectivity index (χ0n) is 17.4. The molecule has 1 heterocycles. The average Bonchev–Trinajstić information content (AvgIpc) is 3.19. The molecule has 3 unspecified atom stereocenters. The minimum absolute atomic E-state index is 0.106. The molecule has 0 radical (unpaired) electrons. The number of nitrogens with zero attached hydrogens (tertiary/aromatic N) is 1. The van der Waals surface area contributed by atoms with Crippen molar-refractivity contribution in [2.45, 2.75) is 51.2 Å². The highest BCUT2D eigenvalue weighted by Crippen LogP contribution is 2.06. The summed E-state index contributed by atoms with van der Waals surface area (Å²) in [7, 11) is 0. The van der Waals surface area contributed by atoms with E-state index in [4.69, 9.17) is 16.6 Å². The molecule has 0 saturated heterocycles. The fourth-order valence-electron chi connectivity index (χ4n) is 2.62. The first-order valence-electron chi connectivity index (χ1n) is 9.62. The van der Waals surface area contributed by atoms with Gasteiger partial charge in [-0.05, 0) is 12.3 Å². The number of primary amides is 1. The van der Waals surface area contributed by atoms with Crippen molar-refractivity contribution < 1.29 is 29.1 Å². The Morgan fingerprint density at radius 3 is 2.32 bits per heavy atom. The van der Waals surface area contributed by atoms with E-state index in [2.05, 4.69) is 25.9 Å². The molecule has 0 aliphatic carbocycles. The second kappa shape index (κ2) is 12.3. The summed E-state index contributed by atoms with van der Waals surface area (Å²) in [6.45, 7) is 2.70. The lowest BCUT2D eigenvalue weighted by molar-refractivity contribution is -0.139. The highest BCUT2D eigenvalue weighted by molar-refractivity contribution is 5.94. The van der Waals surface area contributed by atoms with Gasteiger partial charge in [-0.15, -0.1) is 0 Å². The number of hydrogen-bond donors (Lipinski definition) is 7. The predicted octanol–water partition coefficient (Wildman–Crippen LogP) is -2.63. The zero-order chi connectivity index (χ0) is 23.6. The van der Waals surface area contributed by atoms with E-state index in [-0.39, 0.29) is 25.2 Å². The van der Waals surface area contributed by atoms with Crippen LogP contribution in [-0.2, 0) is 30.4 Å². The summed E-state index contributed by atoms with van der Waals surface area (Å²) in [5, 5.41) is 15.9. The fraction of sp³-hybridized carbons (Fsp3) is 0.556. The molecule has 1 aromatic rings. The Labute approximate surface area is 178 Å². The van der Waals surface area contributed by atoms with Gasteiger partial charge in [-0.25, -0.2) is 4.98 Å². The zero-order valence-corrected chi connectivity index (χ0v) is 17.4. The molecular formula is C18H29N7O6. The maximum atomic E-state index is 12.8. The number of H-pyrrole nitrogens is 1. The first kappa shape index (κ1) is 25.6. The van der Waals surface area contributed by atoms with Gasteiger partial charge < -0.3 is 37.5 Å². The molecular weight excluding hydrogens is 410 g/mol. The predicted molar refractivity (Wildman–Crippen MR) is 108 cm³/mol. The standard InChI is InChI=1S/C18H29N7O6/c1-9(2)15(18(31)22-7-14(27)28)25-17(30)12(3-4-13(20)26)24-16(29)11(19)5-10-6-21-8-23-10/h6,8-9,11-12,15H,3-5,7,19H2,1-2H3,(H2,20,26)(H,21,23)(H,22,31)(H,24,29)(H,25,30)(H,27,28). The molecule has 4 amide bonds. The van der Waals surface area contributed by atoms with Crippen molar-refractivity contribution in [3.05, 3.63) is 18.2 Å². The summed E-state index contributed by atoms with van der Waals surface area (Å²) in [6.07, 6.45) is 2.79. The first-order chi connectivity index (χ1) is 14.5. The molecule has 0 bridgehead atoms. The van der Waals surface area contributed by atoms with Gasteiger partial charge in [0.05, 0.1) is 12.4 Å². The van der Waals surface area contributed by atoms with Gasteiger partial charge in [0.25, 0.3) is 0 Å². The minimum atomic E-state index is -1.24. The van der Waals surface area contributed by atoms with E-state index in [1.54, 1.807) is 13.8 Å². The second-order valence-corrected chi connectivity index (χ2v) is 7.30. The van der Waals surface area contributed by atoms with Gasteiger partial charge in [0.2, 0.25) is 23.6 Å². The molecule has 0 aliphatic rings. The van der Waals surface area contributed by atoms with Gasteiger partial charge >= 0.3 is 5.97 Å². The van der Waals surface area contributed by atoms with Crippen molar-refractivity contribution in [3.63, 3.8) is 0 Å². The quantitative estimate of drug-likeness (QED) is 0.172. The van der Waals surface area contributed by atoms with E-state index in [0.29, 0.717) is 5.69 Å². The number of aromatic nitrogens is 2. The molecule has 0 aromatic carbocycles. The van der Waals surface area contributed by atoms with Crippen molar-refractivity contribution in [1.82, 2.24) is 25.9 Å². The van der Waals surface area contributed by atoms with Crippen LogP contribution < -0.4 is 27.4 Å². The third-order valence-corrected chi connectivity index (χ3v) is 4.30. The van der Waals surface area contributed by atoms with Crippen LogP contribution in [0.4, 0.5) is 0 Å². The van der Waals surface area contributed by atoms with Crippen molar-refractivity contribution in [2.75, 3.05) is 6.54 Å². The average molecular weight is 439 g/mol. The number of amides is 4. The molecule has 1 rings (SSSR count). The Bertz CT molecular complexity index is 780. The summed E-state index contributed by atoms with van der Waals surface area (Å²) in [5.41, 5.74) is 11.6. The number of hydrogen-bond acceptors (Lipinski definition) is 7. The maximum Gasteiger partial charge on any atom is 0.322 e. The largest absolute Gasteiger partial charge is 0.480 e. The Morgan fingerprint density at radius 2 is 1.81 bits per heavy atom. The monoisotopic (exact) mass is 439 g/mol. The van der Waals surface area contributed by atoms with E-state index in [9.17, 15) is 24.0 Å². The van der Waals surface area contributed by atoms with Crippen LogP contribution in [0.15, 0.2) is 12.5 Å². The Kier molecular flexibility index (Phi) is 10.1. The van der Waals surface area contributed by atoms with Crippen LogP contribution in [0.5, 0.6) is 0 Å². The van der Waals surface area contributed by atoms with Crippen LogP contribution in [0.2, 0.25) is 0 Å². The molecule has 13 nitrogen and oxygen atoms in total. The highest BCUT2D eigenvalue weighted by atomic mass is 16.4. The number of nitrogens with two attached hydrogens (primary N) is 2. The van der Waals surface area contributed by atoms with Crippen molar-refractivity contribution in [1.29, 1.82) is 0 Å². The molecule has 0 aliphatic heterocycles. The number of nitrogens with one attached hydrogen (secondary N) is 4. The van der Waals surface area contributed by atoms with E-state index >= 15 is 0 Å². The second-order valence-electron chi connectivity index (χ2n) is 7.30. The van der Waals surface area contributed by atoms with E-state index in [1.165, 1.54) is 12.5 Å². The highest BCUT2D eigenvalue weighted by Gasteiger charge is 2.30. The van der Waals surface area contributed by atoms with Gasteiger partial charge in [-0.1, -0.05) is 13.8 Å². The molecule has 1 aromatic heterocycles.